The maximum Gasteiger partial charge on any atom is 0.307 e. The highest BCUT2D eigenvalue weighted by molar-refractivity contribution is 5.89. The van der Waals surface area contributed by atoms with Crippen molar-refractivity contribution in [2.45, 2.75) is 13.0 Å². The number of carboxylic acid groups (broad SMARTS) is 1. The molecular formula is C18H18N2O5. The smallest absolute Gasteiger partial charge is 0.307 e. The summed E-state index contributed by atoms with van der Waals surface area (Å²) >= 11 is 0. The lowest BCUT2D eigenvalue weighted by Gasteiger charge is -2.11. The van der Waals surface area contributed by atoms with E-state index in [0.717, 1.165) is 0 Å². The number of nitrogens with one attached hydrogen (secondary N) is 1. The Hall–Kier alpha value is -3.09. The highest BCUT2D eigenvalue weighted by Gasteiger charge is 2.48. The number of carboxylic acids is 1. The molecule has 1 aromatic carbocycles. The number of hydrogen-bond acceptors (Lipinski definition) is 5. The first-order valence-electron chi connectivity index (χ1n) is 7.85. The Kier molecular flexibility index (Phi) is 4.83. The van der Waals surface area contributed by atoms with Gasteiger partial charge in [-0.2, -0.15) is 0 Å². The van der Waals surface area contributed by atoms with Crippen LogP contribution in [0.1, 0.15) is 12.0 Å². The van der Waals surface area contributed by atoms with Gasteiger partial charge < -0.3 is 19.9 Å². The van der Waals surface area contributed by atoms with Gasteiger partial charge in [0, 0.05) is 24.4 Å². The summed E-state index contributed by atoms with van der Waals surface area (Å²) in [5.74, 6) is -0.595. The minimum absolute atomic E-state index is 0.217. The number of aliphatic carboxylic acids is 1. The highest BCUT2D eigenvalue weighted by atomic mass is 16.5. The SMILES string of the molecule is COc1cccc(Oc2ncccc2CNC(=O)C2CC2C(=O)O)c1. The largest absolute Gasteiger partial charge is 0.497 e. The Morgan fingerprint density at radius 2 is 2.04 bits per heavy atom. The number of amides is 1. The van der Waals surface area contributed by atoms with Crippen molar-refractivity contribution in [1.29, 1.82) is 0 Å². The van der Waals surface area contributed by atoms with Crippen LogP contribution in [0.25, 0.3) is 0 Å². The molecule has 0 aliphatic heterocycles. The van der Waals surface area contributed by atoms with E-state index in [1.165, 1.54) is 0 Å². The molecule has 7 nitrogen and oxygen atoms in total. The van der Waals surface area contributed by atoms with Crippen LogP contribution in [0.2, 0.25) is 0 Å². The maximum absolute atomic E-state index is 12.0. The van der Waals surface area contributed by atoms with E-state index < -0.39 is 17.8 Å². The van der Waals surface area contributed by atoms with Gasteiger partial charge in [-0.05, 0) is 24.6 Å². The molecule has 1 aliphatic carbocycles. The standard InChI is InChI=1S/C18H18N2O5/c1-24-12-5-2-6-13(8-12)25-17-11(4-3-7-19-17)10-20-16(21)14-9-15(14)18(22)23/h2-8,14-15H,9-10H2,1H3,(H,20,21)(H,22,23). The molecule has 2 unspecified atom stereocenters. The highest BCUT2D eigenvalue weighted by Crippen LogP contribution is 2.38. The van der Waals surface area contributed by atoms with Crippen LogP contribution in [0, 0.1) is 11.8 Å². The fraction of sp³-hybridized carbons (Fsp3) is 0.278. The van der Waals surface area contributed by atoms with Crippen LogP contribution in [-0.2, 0) is 16.1 Å². The lowest BCUT2D eigenvalue weighted by Crippen LogP contribution is -2.26. The van der Waals surface area contributed by atoms with Gasteiger partial charge in [-0.3, -0.25) is 9.59 Å². The number of ether oxygens (including phenoxy) is 2. The second-order valence-electron chi connectivity index (χ2n) is 5.75. The van der Waals surface area contributed by atoms with Gasteiger partial charge in [-0.15, -0.1) is 0 Å². The summed E-state index contributed by atoms with van der Waals surface area (Å²) in [4.78, 5) is 27.0. The van der Waals surface area contributed by atoms with E-state index in [4.69, 9.17) is 14.6 Å². The van der Waals surface area contributed by atoms with Crippen molar-refractivity contribution in [3.05, 3.63) is 48.2 Å². The molecule has 0 radical (unpaired) electrons. The van der Waals surface area contributed by atoms with Gasteiger partial charge in [-0.1, -0.05) is 12.1 Å². The van der Waals surface area contributed by atoms with Gasteiger partial charge in [0.25, 0.3) is 0 Å². The Labute approximate surface area is 144 Å². The van der Waals surface area contributed by atoms with Crippen LogP contribution in [-0.4, -0.2) is 29.1 Å². The van der Waals surface area contributed by atoms with Gasteiger partial charge in [0.1, 0.15) is 11.5 Å². The molecule has 1 aromatic heterocycles. The average molecular weight is 342 g/mol. The van der Waals surface area contributed by atoms with Crippen LogP contribution in [0.15, 0.2) is 42.6 Å². The minimum atomic E-state index is -0.927. The van der Waals surface area contributed by atoms with E-state index in [1.807, 2.05) is 0 Å². The maximum atomic E-state index is 12.0. The summed E-state index contributed by atoms with van der Waals surface area (Å²) in [6.45, 7) is 0.217. The molecule has 1 fully saturated rings. The number of nitrogens with zero attached hydrogens (tertiary/aromatic N) is 1. The van der Waals surface area contributed by atoms with Gasteiger partial charge in [0.05, 0.1) is 18.9 Å². The Morgan fingerprint density at radius 1 is 1.24 bits per heavy atom. The molecule has 1 heterocycles. The van der Waals surface area contributed by atoms with Crippen molar-refractivity contribution in [2.24, 2.45) is 11.8 Å². The molecule has 0 spiro atoms. The zero-order valence-corrected chi connectivity index (χ0v) is 13.6. The monoisotopic (exact) mass is 342 g/mol. The van der Waals surface area contributed by atoms with E-state index in [9.17, 15) is 9.59 Å². The zero-order valence-electron chi connectivity index (χ0n) is 13.6. The second kappa shape index (κ2) is 7.21. The van der Waals surface area contributed by atoms with E-state index in [-0.39, 0.29) is 12.5 Å². The van der Waals surface area contributed by atoms with Crippen LogP contribution in [0.3, 0.4) is 0 Å². The quantitative estimate of drug-likeness (QED) is 0.801. The van der Waals surface area contributed by atoms with Crippen molar-refractivity contribution >= 4 is 11.9 Å². The summed E-state index contributed by atoms with van der Waals surface area (Å²) in [5.41, 5.74) is 0.700. The average Bonchev–Trinajstić information content (AvgIpc) is 3.42. The van der Waals surface area contributed by atoms with Crippen molar-refractivity contribution < 1.29 is 24.2 Å². The third-order valence-corrected chi connectivity index (χ3v) is 4.00. The molecule has 0 bridgehead atoms. The van der Waals surface area contributed by atoms with Crippen LogP contribution < -0.4 is 14.8 Å². The van der Waals surface area contributed by atoms with Crippen molar-refractivity contribution in [1.82, 2.24) is 10.3 Å². The first-order valence-corrected chi connectivity index (χ1v) is 7.85. The summed E-state index contributed by atoms with van der Waals surface area (Å²) in [6, 6.07) is 10.7. The number of pyridine rings is 1. The molecule has 0 saturated heterocycles. The molecule has 2 atom stereocenters. The molecular weight excluding hydrogens is 324 g/mol. The summed E-state index contributed by atoms with van der Waals surface area (Å²) in [6.07, 6.45) is 1.99. The fourth-order valence-electron chi connectivity index (χ4n) is 2.50. The normalized spacial score (nSPS) is 18.3. The van der Waals surface area contributed by atoms with Crippen LogP contribution >= 0.6 is 0 Å². The number of aromatic nitrogens is 1. The molecule has 7 heteroatoms. The Balaban J connectivity index is 1.65. The van der Waals surface area contributed by atoms with Crippen molar-refractivity contribution in [2.75, 3.05) is 7.11 Å². The lowest BCUT2D eigenvalue weighted by molar-refractivity contribution is -0.140. The summed E-state index contributed by atoms with van der Waals surface area (Å²) < 4.78 is 10.9. The number of rotatable bonds is 7. The lowest BCUT2D eigenvalue weighted by atomic mass is 10.2. The fourth-order valence-corrected chi connectivity index (χ4v) is 2.50. The molecule has 2 N–H and O–H groups in total. The summed E-state index contributed by atoms with van der Waals surface area (Å²) in [5, 5.41) is 11.6. The molecule has 1 saturated carbocycles. The van der Waals surface area contributed by atoms with Gasteiger partial charge >= 0.3 is 5.97 Å². The van der Waals surface area contributed by atoms with Crippen molar-refractivity contribution in [3.63, 3.8) is 0 Å². The number of carbonyl (C=O) groups excluding carboxylic acids is 1. The molecule has 2 aromatic rings. The first-order chi connectivity index (χ1) is 12.1. The molecule has 1 amide bonds. The molecule has 1 aliphatic rings. The van der Waals surface area contributed by atoms with E-state index in [0.29, 0.717) is 29.4 Å². The molecule has 3 rings (SSSR count). The third-order valence-electron chi connectivity index (χ3n) is 4.00. The predicted octanol–water partition coefficient (Wildman–Crippen LogP) is 2.22. The second-order valence-corrected chi connectivity index (χ2v) is 5.75. The number of benzene rings is 1. The van der Waals surface area contributed by atoms with Crippen LogP contribution in [0.5, 0.6) is 17.4 Å². The first kappa shape index (κ1) is 16.8. The Morgan fingerprint density at radius 3 is 2.76 bits per heavy atom. The van der Waals surface area contributed by atoms with Gasteiger partial charge in [-0.25, -0.2) is 4.98 Å². The zero-order chi connectivity index (χ0) is 17.8. The Bertz CT molecular complexity index is 793. The van der Waals surface area contributed by atoms with Gasteiger partial charge in [0.2, 0.25) is 11.8 Å². The number of hydrogen-bond donors (Lipinski definition) is 2. The minimum Gasteiger partial charge on any atom is -0.497 e. The number of carbonyl (C=O) groups is 2. The van der Waals surface area contributed by atoms with Crippen molar-refractivity contribution in [3.8, 4) is 17.4 Å². The van der Waals surface area contributed by atoms with Crippen LogP contribution in [0.4, 0.5) is 0 Å². The van der Waals surface area contributed by atoms with E-state index in [2.05, 4.69) is 10.3 Å². The predicted molar refractivity (Wildman–Crippen MR) is 88.4 cm³/mol. The van der Waals surface area contributed by atoms with E-state index in [1.54, 1.807) is 49.7 Å². The van der Waals surface area contributed by atoms with E-state index >= 15 is 0 Å². The third kappa shape index (κ3) is 4.06. The molecule has 25 heavy (non-hydrogen) atoms. The summed E-state index contributed by atoms with van der Waals surface area (Å²) in [7, 11) is 1.57. The van der Waals surface area contributed by atoms with Gasteiger partial charge in [0.15, 0.2) is 0 Å². The number of methoxy groups -OCH3 is 1. The molecule has 130 valence electrons. The topological polar surface area (TPSA) is 97.8 Å².